The standard InChI is InChI=1S/C8H20NO4P.C2H6/c1-4-7(9)8(2,3)5-6-13-14(10,11)12;1-2/h7H,4-6,9H2,1-3H3,(H2,10,11,12);1-2H3. The summed E-state index contributed by atoms with van der Waals surface area (Å²) in [7, 11) is -4.33. The molecule has 16 heavy (non-hydrogen) atoms. The van der Waals surface area contributed by atoms with Crippen molar-refractivity contribution in [3.8, 4) is 0 Å². The van der Waals surface area contributed by atoms with Crippen LogP contribution in [0.4, 0.5) is 0 Å². The van der Waals surface area contributed by atoms with Crippen molar-refractivity contribution in [2.45, 2.75) is 53.5 Å². The summed E-state index contributed by atoms with van der Waals surface area (Å²) in [5.74, 6) is 0. The van der Waals surface area contributed by atoms with Crippen molar-refractivity contribution < 1.29 is 18.9 Å². The Labute approximate surface area is 98.6 Å². The van der Waals surface area contributed by atoms with Gasteiger partial charge in [0.25, 0.3) is 0 Å². The van der Waals surface area contributed by atoms with Gasteiger partial charge in [0.05, 0.1) is 6.61 Å². The third kappa shape index (κ3) is 9.31. The maximum absolute atomic E-state index is 10.4. The number of phosphoric ester groups is 1. The first kappa shape index (κ1) is 18.4. The molecule has 0 heterocycles. The van der Waals surface area contributed by atoms with Gasteiger partial charge in [-0.15, -0.1) is 0 Å². The third-order valence-electron chi connectivity index (χ3n) is 2.45. The molecule has 0 radical (unpaired) electrons. The second-order valence-corrected chi connectivity index (χ2v) is 5.32. The average Bonchev–Trinajstić information content (AvgIpc) is 2.17. The molecular weight excluding hydrogens is 229 g/mol. The van der Waals surface area contributed by atoms with Crippen LogP contribution in [0.15, 0.2) is 0 Å². The fourth-order valence-electron chi connectivity index (χ4n) is 1.17. The van der Waals surface area contributed by atoms with Crippen LogP contribution in [0.1, 0.15) is 47.5 Å². The predicted octanol–water partition coefficient (Wildman–Crippen LogP) is 2.28. The van der Waals surface area contributed by atoms with E-state index >= 15 is 0 Å². The second-order valence-electron chi connectivity index (χ2n) is 4.08. The minimum atomic E-state index is -4.33. The maximum Gasteiger partial charge on any atom is 0.469 e. The number of rotatable bonds is 6. The highest BCUT2D eigenvalue weighted by Crippen LogP contribution is 2.37. The van der Waals surface area contributed by atoms with Gasteiger partial charge in [0, 0.05) is 6.04 Å². The molecule has 0 aromatic heterocycles. The molecular formula is C10H26NO4P. The van der Waals surface area contributed by atoms with Gasteiger partial charge in [0.15, 0.2) is 0 Å². The van der Waals surface area contributed by atoms with Crippen molar-refractivity contribution >= 4 is 7.82 Å². The first-order chi connectivity index (χ1) is 7.19. The predicted molar refractivity (Wildman–Crippen MR) is 66.0 cm³/mol. The Hall–Kier alpha value is 0.0700. The van der Waals surface area contributed by atoms with Crippen LogP contribution >= 0.6 is 7.82 Å². The van der Waals surface area contributed by atoms with Crippen molar-refractivity contribution in [2.75, 3.05) is 6.61 Å². The highest BCUT2D eigenvalue weighted by Gasteiger charge is 2.26. The summed E-state index contributed by atoms with van der Waals surface area (Å²) in [6.45, 7) is 9.94. The first-order valence-corrected chi connectivity index (χ1v) is 7.18. The molecule has 5 nitrogen and oxygen atoms in total. The highest BCUT2D eigenvalue weighted by atomic mass is 31.2. The average molecular weight is 255 g/mol. The quantitative estimate of drug-likeness (QED) is 0.633. The lowest BCUT2D eigenvalue weighted by atomic mass is 9.81. The van der Waals surface area contributed by atoms with Crippen molar-refractivity contribution in [1.82, 2.24) is 0 Å². The summed E-state index contributed by atoms with van der Waals surface area (Å²) in [4.78, 5) is 16.9. The Bertz CT molecular complexity index is 215. The van der Waals surface area contributed by atoms with Gasteiger partial charge < -0.3 is 15.5 Å². The largest absolute Gasteiger partial charge is 0.469 e. The molecule has 0 bridgehead atoms. The molecule has 0 aliphatic rings. The minimum Gasteiger partial charge on any atom is -0.327 e. The molecule has 0 fully saturated rings. The lowest BCUT2D eigenvalue weighted by molar-refractivity contribution is 0.152. The number of nitrogens with two attached hydrogens (primary N) is 1. The van der Waals surface area contributed by atoms with Gasteiger partial charge in [-0.2, -0.15) is 0 Å². The molecule has 0 spiro atoms. The SMILES string of the molecule is CC.CCC(N)C(C)(C)CCOP(=O)(O)O. The van der Waals surface area contributed by atoms with E-state index in [0.29, 0.717) is 6.42 Å². The Morgan fingerprint density at radius 1 is 1.38 bits per heavy atom. The van der Waals surface area contributed by atoms with E-state index in [-0.39, 0.29) is 18.1 Å². The maximum atomic E-state index is 10.4. The molecule has 100 valence electrons. The van der Waals surface area contributed by atoms with Gasteiger partial charge in [-0.25, -0.2) is 4.57 Å². The number of phosphoric acid groups is 1. The first-order valence-electron chi connectivity index (χ1n) is 5.64. The van der Waals surface area contributed by atoms with Crippen molar-refractivity contribution in [3.63, 3.8) is 0 Å². The zero-order chi connectivity index (χ0) is 13.4. The van der Waals surface area contributed by atoms with Gasteiger partial charge in [0.2, 0.25) is 0 Å². The van der Waals surface area contributed by atoms with Crippen molar-refractivity contribution in [2.24, 2.45) is 11.1 Å². The van der Waals surface area contributed by atoms with Crippen LogP contribution in [-0.2, 0) is 9.09 Å². The Balaban J connectivity index is 0. The van der Waals surface area contributed by atoms with E-state index in [0.717, 1.165) is 6.42 Å². The lowest BCUT2D eigenvalue weighted by Crippen LogP contribution is -2.37. The van der Waals surface area contributed by atoms with E-state index in [4.69, 9.17) is 15.5 Å². The molecule has 4 N–H and O–H groups in total. The molecule has 0 aromatic carbocycles. The summed E-state index contributed by atoms with van der Waals surface area (Å²) in [5, 5.41) is 0. The summed E-state index contributed by atoms with van der Waals surface area (Å²) in [6.07, 6.45) is 1.37. The van der Waals surface area contributed by atoms with E-state index < -0.39 is 7.82 Å². The van der Waals surface area contributed by atoms with Crippen LogP contribution in [0.3, 0.4) is 0 Å². The van der Waals surface area contributed by atoms with Crippen molar-refractivity contribution in [1.29, 1.82) is 0 Å². The van der Waals surface area contributed by atoms with Crippen LogP contribution in [0.2, 0.25) is 0 Å². The molecule has 1 unspecified atom stereocenters. The Morgan fingerprint density at radius 3 is 2.12 bits per heavy atom. The number of hydrogen-bond acceptors (Lipinski definition) is 3. The minimum absolute atomic E-state index is 0.0165. The van der Waals surface area contributed by atoms with E-state index in [9.17, 15) is 4.57 Å². The molecule has 6 heteroatoms. The lowest BCUT2D eigenvalue weighted by Gasteiger charge is -2.30. The third-order valence-corrected chi connectivity index (χ3v) is 2.97. The Kier molecular flexibility index (Phi) is 9.45. The molecule has 0 rings (SSSR count). The van der Waals surface area contributed by atoms with Crippen LogP contribution < -0.4 is 5.73 Å². The Morgan fingerprint density at radius 2 is 1.81 bits per heavy atom. The van der Waals surface area contributed by atoms with Crippen LogP contribution in [0.5, 0.6) is 0 Å². The van der Waals surface area contributed by atoms with E-state index in [1.54, 1.807) is 0 Å². The molecule has 0 saturated heterocycles. The normalized spacial score (nSPS) is 14.0. The smallest absolute Gasteiger partial charge is 0.327 e. The molecule has 0 aliphatic heterocycles. The van der Waals surface area contributed by atoms with Gasteiger partial charge >= 0.3 is 7.82 Å². The fraction of sp³-hybridized carbons (Fsp3) is 1.00. The number of hydrogen-bond donors (Lipinski definition) is 3. The van der Waals surface area contributed by atoms with Crippen molar-refractivity contribution in [3.05, 3.63) is 0 Å². The molecule has 0 aliphatic carbocycles. The zero-order valence-electron chi connectivity index (χ0n) is 10.9. The van der Waals surface area contributed by atoms with E-state index in [2.05, 4.69) is 4.52 Å². The fourth-order valence-corrected chi connectivity index (χ4v) is 1.49. The van der Waals surface area contributed by atoms with E-state index in [1.165, 1.54) is 0 Å². The van der Waals surface area contributed by atoms with Gasteiger partial charge in [0.1, 0.15) is 0 Å². The van der Waals surface area contributed by atoms with Crippen LogP contribution in [-0.4, -0.2) is 22.4 Å². The van der Waals surface area contributed by atoms with Crippen LogP contribution in [0, 0.1) is 5.41 Å². The van der Waals surface area contributed by atoms with E-state index in [1.807, 2.05) is 34.6 Å². The van der Waals surface area contributed by atoms with Gasteiger partial charge in [-0.3, -0.25) is 4.52 Å². The summed E-state index contributed by atoms with van der Waals surface area (Å²) < 4.78 is 14.8. The molecule has 0 aromatic rings. The highest BCUT2D eigenvalue weighted by molar-refractivity contribution is 7.46. The van der Waals surface area contributed by atoms with Gasteiger partial charge in [-0.1, -0.05) is 34.6 Å². The van der Waals surface area contributed by atoms with Gasteiger partial charge in [-0.05, 0) is 18.3 Å². The topological polar surface area (TPSA) is 92.8 Å². The second kappa shape index (κ2) is 8.20. The summed E-state index contributed by atoms with van der Waals surface area (Å²) >= 11 is 0. The molecule has 1 atom stereocenters. The van der Waals surface area contributed by atoms with Crippen LogP contribution in [0.25, 0.3) is 0 Å². The molecule has 0 amide bonds. The summed E-state index contributed by atoms with van der Waals surface area (Å²) in [5.41, 5.74) is 5.69. The monoisotopic (exact) mass is 255 g/mol. The summed E-state index contributed by atoms with van der Waals surface area (Å²) in [6, 6.07) is 0.0165. The molecule has 0 saturated carbocycles. The zero-order valence-corrected chi connectivity index (χ0v) is 11.8.